The number of dihydropyridines is 1. The molecule has 0 spiro atoms. The third-order valence-electron chi connectivity index (χ3n) is 6.78. The van der Waals surface area contributed by atoms with Crippen LogP contribution in [0.2, 0.25) is 0 Å². The van der Waals surface area contributed by atoms with Gasteiger partial charge < -0.3 is 10.1 Å². The molecule has 2 fully saturated rings. The van der Waals surface area contributed by atoms with E-state index in [1.165, 1.54) is 6.42 Å². The summed E-state index contributed by atoms with van der Waals surface area (Å²) >= 11 is 0. The molecule has 5 rings (SSSR count). The average Bonchev–Trinajstić information content (AvgIpc) is 3.41. The number of ether oxygens (including phenoxy) is 1. The summed E-state index contributed by atoms with van der Waals surface area (Å²) in [6, 6.07) is 0.259. The van der Waals surface area contributed by atoms with E-state index in [0.29, 0.717) is 17.3 Å². The van der Waals surface area contributed by atoms with E-state index in [2.05, 4.69) is 55.6 Å². The Kier molecular flexibility index (Phi) is 2.85. The van der Waals surface area contributed by atoms with Crippen molar-refractivity contribution in [1.82, 2.24) is 5.32 Å². The highest BCUT2D eigenvalue weighted by molar-refractivity contribution is 5.43. The number of hydrogen-bond acceptors (Lipinski definition) is 2. The van der Waals surface area contributed by atoms with Crippen LogP contribution < -0.4 is 5.32 Å². The summed E-state index contributed by atoms with van der Waals surface area (Å²) in [5, 5.41) is 3.42. The van der Waals surface area contributed by atoms with Gasteiger partial charge in [0.15, 0.2) is 0 Å². The van der Waals surface area contributed by atoms with E-state index in [4.69, 9.17) is 4.74 Å². The SMILES string of the molecule is C/C1=C/C=C2\C[C@@]2(C)C2/C=C\C(C3C=CC=CN3)OCC3C1[C@H]32. The minimum absolute atomic E-state index is 0.140. The second-order valence-corrected chi connectivity index (χ2v) is 8.11. The molecule has 0 aromatic carbocycles. The Morgan fingerprint density at radius 2 is 2.09 bits per heavy atom. The summed E-state index contributed by atoms with van der Waals surface area (Å²) in [4.78, 5) is 0. The Bertz CT molecular complexity index is 682. The van der Waals surface area contributed by atoms with Gasteiger partial charge in [0.2, 0.25) is 0 Å². The molecule has 2 heteroatoms. The highest BCUT2D eigenvalue weighted by Crippen LogP contribution is 2.69. The maximum Gasteiger partial charge on any atom is 0.0993 e. The molecule has 7 atom stereocenters. The van der Waals surface area contributed by atoms with E-state index in [1.54, 1.807) is 11.1 Å². The average molecular weight is 307 g/mol. The minimum Gasteiger partial charge on any atom is -0.382 e. The van der Waals surface area contributed by atoms with Crippen LogP contribution >= 0.6 is 0 Å². The van der Waals surface area contributed by atoms with Crippen molar-refractivity contribution in [3.63, 3.8) is 0 Å². The van der Waals surface area contributed by atoms with Gasteiger partial charge >= 0.3 is 0 Å². The summed E-state index contributed by atoms with van der Waals surface area (Å²) < 4.78 is 6.32. The van der Waals surface area contributed by atoms with Crippen LogP contribution in [0.5, 0.6) is 0 Å². The molecule has 0 saturated heterocycles. The number of fused-ring (bicyclic) bond motifs is 3. The van der Waals surface area contributed by atoms with Crippen LogP contribution in [-0.4, -0.2) is 18.8 Å². The number of hydrogen-bond donors (Lipinski definition) is 1. The first kappa shape index (κ1) is 13.9. The molecule has 3 aliphatic carbocycles. The molecule has 0 aromatic heterocycles. The van der Waals surface area contributed by atoms with Gasteiger partial charge in [0.05, 0.1) is 18.8 Å². The highest BCUT2D eigenvalue weighted by atomic mass is 16.5. The quantitative estimate of drug-likeness (QED) is 0.745. The summed E-state index contributed by atoms with van der Waals surface area (Å²) in [5.74, 6) is 2.90. The van der Waals surface area contributed by atoms with Crippen LogP contribution in [0.15, 0.2) is 59.9 Å². The molecule has 0 amide bonds. The lowest BCUT2D eigenvalue weighted by molar-refractivity contribution is 0.0544. The van der Waals surface area contributed by atoms with Crippen molar-refractivity contribution in [2.75, 3.05) is 6.61 Å². The standard InChI is InChI=1S/C21H25NO/c1-13-6-7-14-11-21(14,2)16-8-9-18(17-5-3-4-10-22-17)23-12-15-19(13)20(15)16/h3-10,15-20,22H,11-12H2,1-2H3/b9-8-,13-6-,14-7+/t15?,16?,17?,18?,19?,20-,21-/m1/s1. The molecule has 2 saturated carbocycles. The Morgan fingerprint density at radius 3 is 2.91 bits per heavy atom. The zero-order chi connectivity index (χ0) is 15.6. The van der Waals surface area contributed by atoms with E-state index >= 15 is 0 Å². The second kappa shape index (κ2) is 4.73. The molecule has 2 heterocycles. The van der Waals surface area contributed by atoms with E-state index in [9.17, 15) is 0 Å². The van der Waals surface area contributed by atoms with E-state index in [1.807, 2.05) is 12.3 Å². The van der Waals surface area contributed by atoms with Gasteiger partial charge in [-0.3, -0.25) is 0 Å². The molecular weight excluding hydrogens is 282 g/mol. The van der Waals surface area contributed by atoms with Gasteiger partial charge in [0, 0.05) is 0 Å². The summed E-state index contributed by atoms with van der Waals surface area (Å²) in [6.07, 6.45) is 19.4. The van der Waals surface area contributed by atoms with Crippen LogP contribution in [-0.2, 0) is 4.74 Å². The molecule has 0 aromatic rings. The van der Waals surface area contributed by atoms with Crippen molar-refractivity contribution in [3.8, 4) is 0 Å². The van der Waals surface area contributed by atoms with Gasteiger partial charge in [-0.05, 0) is 54.7 Å². The van der Waals surface area contributed by atoms with Crippen LogP contribution in [0.3, 0.4) is 0 Å². The Balaban J connectivity index is 1.47. The minimum atomic E-state index is 0.140. The first-order valence-corrected chi connectivity index (χ1v) is 8.96. The third-order valence-corrected chi connectivity index (χ3v) is 6.78. The Hall–Kier alpha value is -1.54. The smallest absolute Gasteiger partial charge is 0.0993 e. The van der Waals surface area contributed by atoms with E-state index < -0.39 is 0 Å². The van der Waals surface area contributed by atoms with Gasteiger partial charge in [-0.1, -0.05) is 54.5 Å². The lowest BCUT2D eigenvalue weighted by atomic mass is 9.82. The molecule has 120 valence electrons. The summed E-state index contributed by atoms with van der Waals surface area (Å²) in [5.41, 5.74) is 3.61. The monoisotopic (exact) mass is 307 g/mol. The Morgan fingerprint density at radius 1 is 1.17 bits per heavy atom. The lowest BCUT2D eigenvalue weighted by Gasteiger charge is -2.28. The fourth-order valence-electron chi connectivity index (χ4n) is 5.18. The van der Waals surface area contributed by atoms with Gasteiger partial charge in [-0.15, -0.1) is 0 Å². The third kappa shape index (κ3) is 2.04. The van der Waals surface area contributed by atoms with Crippen molar-refractivity contribution in [2.45, 2.75) is 32.4 Å². The van der Waals surface area contributed by atoms with Gasteiger partial charge in [-0.25, -0.2) is 0 Å². The molecule has 0 radical (unpaired) electrons. The van der Waals surface area contributed by atoms with Crippen molar-refractivity contribution in [3.05, 3.63) is 59.9 Å². The molecule has 5 aliphatic rings. The number of rotatable bonds is 1. The molecule has 2 aliphatic heterocycles. The summed E-state index contributed by atoms with van der Waals surface area (Å²) in [6.45, 7) is 5.67. The zero-order valence-electron chi connectivity index (χ0n) is 13.9. The second-order valence-electron chi connectivity index (χ2n) is 8.11. The maximum atomic E-state index is 6.32. The zero-order valence-corrected chi connectivity index (χ0v) is 13.9. The van der Waals surface area contributed by atoms with Crippen LogP contribution in [0.4, 0.5) is 0 Å². The maximum absolute atomic E-state index is 6.32. The molecule has 2 nitrogen and oxygen atoms in total. The largest absolute Gasteiger partial charge is 0.382 e. The fourth-order valence-corrected chi connectivity index (χ4v) is 5.18. The van der Waals surface area contributed by atoms with Gasteiger partial charge in [0.25, 0.3) is 0 Å². The van der Waals surface area contributed by atoms with E-state index in [0.717, 1.165) is 18.4 Å². The Labute approximate surface area is 138 Å². The number of allylic oxidation sites excluding steroid dienone is 7. The predicted molar refractivity (Wildman–Crippen MR) is 92.6 cm³/mol. The molecule has 5 unspecified atom stereocenters. The molecule has 23 heavy (non-hydrogen) atoms. The molecule has 0 bridgehead atoms. The van der Waals surface area contributed by atoms with Crippen LogP contribution in [0.1, 0.15) is 20.3 Å². The topological polar surface area (TPSA) is 21.3 Å². The van der Waals surface area contributed by atoms with E-state index in [-0.39, 0.29) is 12.1 Å². The molecule has 1 N–H and O–H groups in total. The van der Waals surface area contributed by atoms with Gasteiger partial charge in [0.1, 0.15) is 0 Å². The first-order chi connectivity index (χ1) is 11.2. The van der Waals surface area contributed by atoms with Crippen molar-refractivity contribution in [2.24, 2.45) is 29.1 Å². The van der Waals surface area contributed by atoms with Crippen molar-refractivity contribution < 1.29 is 4.74 Å². The first-order valence-electron chi connectivity index (χ1n) is 8.96. The fraction of sp³-hybridized carbons (Fsp3) is 0.524. The van der Waals surface area contributed by atoms with Crippen molar-refractivity contribution in [1.29, 1.82) is 0 Å². The van der Waals surface area contributed by atoms with Gasteiger partial charge in [-0.2, -0.15) is 0 Å². The molecular formula is C21H25NO. The van der Waals surface area contributed by atoms with Crippen LogP contribution in [0.25, 0.3) is 0 Å². The van der Waals surface area contributed by atoms with Crippen molar-refractivity contribution >= 4 is 0 Å². The lowest BCUT2D eigenvalue weighted by Crippen LogP contribution is -2.38. The predicted octanol–water partition coefficient (Wildman–Crippen LogP) is 3.76. The summed E-state index contributed by atoms with van der Waals surface area (Å²) in [7, 11) is 0. The highest BCUT2D eigenvalue weighted by Gasteiger charge is 2.63. The van der Waals surface area contributed by atoms with Crippen LogP contribution in [0, 0.1) is 29.1 Å². The normalized spacial score (nSPS) is 55.2. The number of nitrogens with one attached hydrogen (secondary N) is 1.